The number of carbonyl (C=O) groups is 1. The van der Waals surface area contributed by atoms with Gasteiger partial charge >= 0.3 is 0 Å². The van der Waals surface area contributed by atoms with Gasteiger partial charge in [-0.2, -0.15) is 0 Å². The molecular weight excluding hydrogens is 336 g/mol. The smallest absolute Gasteiger partial charge is 0.252 e. The Hall–Kier alpha value is -3.00. The first-order valence-corrected chi connectivity index (χ1v) is 8.78. The molecule has 4 rings (SSSR count). The normalized spacial score (nSPS) is 11.1. The van der Waals surface area contributed by atoms with Crippen molar-refractivity contribution in [1.29, 1.82) is 0 Å². The highest BCUT2D eigenvalue weighted by Crippen LogP contribution is 2.18. The van der Waals surface area contributed by atoms with Crippen molar-refractivity contribution in [3.8, 4) is 11.5 Å². The summed E-state index contributed by atoms with van der Waals surface area (Å²) < 4.78 is 3.81. The van der Waals surface area contributed by atoms with Crippen LogP contribution in [0.2, 0.25) is 0 Å². The molecule has 0 bridgehead atoms. The molecule has 25 heavy (non-hydrogen) atoms. The van der Waals surface area contributed by atoms with E-state index in [1.165, 1.54) is 0 Å². The van der Waals surface area contributed by atoms with Crippen LogP contribution in [-0.2, 0) is 13.5 Å². The molecule has 0 aliphatic carbocycles. The molecule has 0 saturated heterocycles. The van der Waals surface area contributed by atoms with Gasteiger partial charge in [0.1, 0.15) is 0 Å². The predicted octanol–water partition coefficient (Wildman–Crippen LogP) is 2.16. The summed E-state index contributed by atoms with van der Waals surface area (Å²) in [4.78, 5) is 16.6. The van der Waals surface area contributed by atoms with Crippen LogP contribution in [0.5, 0.6) is 0 Å². The van der Waals surface area contributed by atoms with Crippen molar-refractivity contribution in [3.05, 3.63) is 58.8 Å². The zero-order valence-electron chi connectivity index (χ0n) is 13.6. The third kappa shape index (κ3) is 3.03. The number of pyridine rings is 1. The molecule has 0 atom stereocenters. The van der Waals surface area contributed by atoms with Crippen molar-refractivity contribution < 1.29 is 4.79 Å². The van der Waals surface area contributed by atoms with Crippen LogP contribution < -0.4 is 5.32 Å². The van der Waals surface area contributed by atoms with Crippen molar-refractivity contribution in [2.45, 2.75) is 6.42 Å². The molecule has 4 heterocycles. The maximum atomic E-state index is 12.4. The summed E-state index contributed by atoms with van der Waals surface area (Å²) in [5.41, 5.74) is 5.00. The van der Waals surface area contributed by atoms with Crippen LogP contribution >= 0.6 is 11.3 Å². The largest absolute Gasteiger partial charge is 0.352 e. The predicted molar refractivity (Wildman–Crippen MR) is 95.5 cm³/mol. The van der Waals surface area contributed by atoms with Gasteiger partial charge in [0.05, 0.1) is 22.5 Å². The number of amides is 1. The van der Waals surface area contributed by atoms with Gasteiger partial charge in [-0.25, -0.2) is 4.98 Å². The fraction of sp³-hybridized carbons (Fsp3) is 0.176. The lowest BCUT2D eigenvalue weighted by Gasteiger charge is -2.06. The van der Waals surface area contributed by atoms with Crippen molar-refractivity contribution in [3.63, 3.8) is 0 Å². The Morgan fingerprint density at radius 3 is 2.96 bits per heavy atom. The molecule has 1 amide bonds. The maximum absolute atomic E-state index is 12.4. The zero-order chi connectivity index (χ0) is 17.2. The average molecular weight is 352 g/mol. The molecule has 0 aromatic carbocycles. The second-order valence-electron chi connectivity index (χ2n) is 5.66. The molecule has 4 aromatic rings. The number of nitrogens with one attached hydrogen (secondary N) is 1. The Labute approximate surface area is 148 Å². The van der Waals surface area contributed by atoms with Gasteiger partial charge in [-0.1, -0.05) is 0 Å². The number of aromatic nitrogens is 5. The van der Waals surface area contributed by atoms with E-state index in [0.29, 0.717) is 23.6 Å². The van der Waals surface area contributed by atoms with Gasteiger partial charge in [-0.15, -0.1) is 21.5 Å². The summed E-state index contributed by atoms with van der Waals surface area (Å²) in [5.74, 6) is 0.586. The van der Waals surface area contributed by atoms with E-state index in [1.807, 2.05) is 39.7 Å². The van der Waals surface area contributed by atoms with Crippen LogP contribution in [-0.4, -0.2) is 36.6 Å². The molecule has 1 N–H and O–H groups in total. The van der Waals surface area contributed by atoms with Crippen molar-refractivity contribution in [2.24, 2.45) is 7.05 Å². The zero-order valence-corrected chi connectivity index (χ0v) is 14.4. The van der Waals surface area contributed by atoms with Gasteiger partial charge in [0.2, 0.25) is 0 Å². The Morgan fingerprint density at radius 1 is 1.28 bits per heavy atom. The quantitative estimate of drug-likeness (QED) is 0.597. The first kappa shape index (κ1) is 15.5. The molecule has 0 fully saturated rings. The van der Waals surface area contributed by atoms with Crippen molar-refractivity contribution >= 4 is 22.9 Å². The van der Waals surface area contributed by atoms with E-state index in [0.717, 1.165) is 17.8 Å². The minimum absolute atomic E-state index is 0.122. The third-order valence-corrected chi connectivity index (χ3v) is 4.62. The van der Waals surface area contributed by atoms with Gasteiger partial charge in [-0.05, 0) is 24.3 Å². The number of fused-ring (bicyclic) bond motifs is 1. The molecule has 0 aliphatic rings. The number of hydrogen-bond donors (Lipinski definition) is 1. The molecule has 0 saturated carbocycles. The SMILES string of the molecule is Cn1cccc1-c1nnc2ccc(C(=O)NCCc3cscn3)cn12. The number of rotatable bonds is 5. The van der Waals surface area contributed by atoms with Crippen LogP contribution in [0.25, 0.3) is 17.2 Å². The molecule has 126 valence electrons. The van der Waals surface area contributed by atoms with E-state index < -0.39 is 0 Å². The monoisotopic (exact) mass is 352 g/mol. The van der Waals surface area contributed by atoms with E-state index in [2.05, 4.69) is 20.5 Å². The Bertz CT molecular complexity index is 1020. The minimum atomic E-state index is -0.122. The maximum Gasteiger partial charge on any atom is 0.252 e. The standard InChI is InChI=1S/C17H16N6OS/c1-22-8-2-3-14(22)16-21-20-15-5-4-12(9-23(15)16)17(24)18-7-6-13-10-25-11-19-13/h2-5,8-11H,6-7H2,1H3,(H,18,24). The summed E-state index contributed by atoms with van der Waals surface area (Å²) in [7, 11) is 1.95. The molecule has 8 heteroatoms. The highest BCUT2D eigenvalue weighted by molar-refractivity contribution is 7.07. The number of aryl methyl sites for hydroxylation is 1. The molecule has 0 unspecified atom stereocenters. The van der Waals surface area contributed by atoms with Gasteiger partial charge in [0.15, 0.2) is 11.5 Å². The molecule has 0 spiro atoms. The molecular formula is C17H16N6OS. The van der Waals surface area contributed by atoms with E-state index in [1.54, 1.807) is 35.2 Å². The number of thiazole rings is 1. The highest BCUT2D eigenvalue weighted by Gasteiger charge is 2.13. The number of carbonyl (C=O) groups excluding carboxylic acids is 1. The van der Waals surface area contributed by atoms with E-state index in [9.17, 15) is 4.79 Å². The fourth-order valence-electron chi connectivity index (χ4n) is 2.66. The summed E-state index contributed by atoms with van der Waals surface area (Å²) in [6.45, 7) is 0.549. The summed E-state index contributed by atoms with van der Waals surface area (Å²) >= 11 is 1.56. The van der Waals surface area contributed by atoms with Crippen LogP contribution in [0, 0.1) is 0 Å². The van der Waals surface area contributed by atoms with Gasteiger partial charge in [0, 0.05) is 37.8 Å². The second-order valence-corrected chi connectivity index (χ2v) is 6.38. The first-order valence-electron chi connectivity index (χ1n) is 7.84. The fourth-order valence-corrected chi connectivity index (χ4v) is 3.25. The van der Waals surface area contributed by atoms with E-state index >= 15 is 0 Å². The Kier molecular flexibility index (Phi) is 4.02. The van der Waals surface area contributed by atoms with Gasteiger partial charge < -0.3 is 9.88 Å². The topological polar surface area (TPSA) is 77.1 Å². The summed E-state index contributed by atoms with van der Waals surface area (Å²) in [5, 5.41) is 13.3. The van der Waals surface area contributed by atoms with Crippen molar-refractivity contribution in [1.82, 2.24) is 29.5 Å². The van der Waals surface area contributed by atoms with Gasteiger partial charge in [-0.3, -0.25) is 9.20 Å². The molecule has 0 aliphatic heterocycles. The Balaban J connectivity index is 1.56. The van der Waals surface area contributed by atoms with Crippen molar-refractivity contribution in [2.75, 3.05) is 6.54 Å². The summed E-state index contributed by atoms with van der Waals surface area (Å²) in [6, 6.07) is 7.48. The molecule has 0 radical (unpaired) electrons. The van der Waals surface area contributed by atoms with Crippen LogP contribution in [0.1, 0.15) is 16.1 Å². The Morgan fingerprint density at radius 2 is 2.20 bits per heavy atom. The lowest BCUT2D eigenvalue weighted by atomic mass is 10.2. The first-order chi connectivity index (χ1) is 12.2. The van der Waals surface area contributed by atoms with Crippen LogP contribution in [0.4, 0.5) is 0 Å². The number of hydrogen-bond acceptors (Lipinski definition) is 5. The van der Waals surface area contributed by atoms with Gasteiger partial charge in [0.25, 0.3) is 5.91 Å². The van der Waals surface area contributed by atoms with E-state index in [4.69, 9.17) is 0 Å². The van der Waals surface area contributed by atoms with Crippen LogP contribution in [0.15, 0.2) is 47.5 Å². The average Bonchev–Trinajstić information content (AvgIpc) is 3.34. The lowest BCUT2D eigenvalue weighted by molar-refractivity contribution is 0.0953. The lowest BCUT2D eigenvalue weighted by Crippen LogP contribution is -2.26. The molecule has 7 nitrogen and oxygen atoms in total. The summed E-state index contributed by atoms with van der Waals surface area (Å²) in [6.07, 6.45) is 4.44. The third-order valence-electron chi connectivity index (χ3n) is 3.99. The second kappa shape index (κ2) is 6.48. The molecule has 4 aromatic heterocycles. The van der Waals surface area contributed by atoms with Crippen LogP contribution in [0.3, 0.4) is 0 Å². The minimum Gasteiger partial charge on any atom is -0.352 e. The highest BCUT2D eigenvalue weighted by atomic mass is 32.1. The number of nitrogens with zero attached hydrogens (tertiary/aromatic N) is 5. The van der Waals surface area contributed by atoms with E-state index in [-0.39, 0.29) is 5.91 Å².